The highest BCUT2D eigenvalue weighted by Crippen LogP contribution is 2.37. The van der Waals surface area contributed by atoms with Crippen LogP contribution in [-0.4, -0.2) is 28.5 Å². The molecule has 1 aromatic carbocycles. The Bertz CT molecular complexity index is 845. The first-order valence-corrected chi connectivity index (χ1v) is 7.99. The van der Waals surface area contributed by atoms with Crippen molar-refractivity contribution in [2.24, 2.45) is 0 Å². The van der Waals surface area contributed by atoms with Crippen LogP contribution in [0.25, 0.3) is 10.2 Å². The third kappa shape index (κ3) is 2.34. The maximum absolute atomic E-state index is 13.4. The predicted octanol–water partition coefficient (Wildman–Crippen LogP) is 3.56. The Morgan fingerprint density at radius 2 is 2.23 bits per heavy atom. The number of fused-ring (bicyclic) bond motifs is 3. The van der Waals surface area contributed by atoms with Gasteiger partial charge in [0.05, 0.1) is 5.39 Å². The van der Waals surface area contributed by atoms with Gasteiger partial charge >= 0.3 is 0 Å². The Hall–Kier alpha value is -2.05. The van der Waals surface area contributed by atoms with Gasteiger partial charge in [-0.2, -0.15) is 0 Å². The van der Waals surface area contributed by atoms with Gasteiger partial charge in [-0.3, -0.25) is 0 Å². The minimum atomic E-state index is -0.260. The van der Waals surface area contributed by atoms with E-state index in [0.717, 1.165) is 35.5 Å². The van der Waals surface area contributed by atoms with Gasteiger partial charge in [-0.05, 0) is 37.2 Å². The molecule has 0 saturated heterocycles. The van der Waals surface area contributed by atoms with Gasteiger partial charge in [0, 0.05) is 23.7 Å². The van der Waals surface area contributed by atoms with Gasteiger partial charge in [-0.25, -0.2) is 14.4 Å². The van der Waals surface area contributed by atoms with Crippen LogP contribution in [0.2, 0.25) is 0 Å². The molecule has 0 amide bonds. The molecule has 2 aromatic heterocycles. The molecule has 0 unspecified atom stereocenters. The molecule has 1 N–H and O–H groups in total. The van der Waals surface area contributed by atoms with Gasteiger partial charge in [-0.15, -0.1) is 11.3 Å². The summed E-state index contributed by atoms with van der Waals surface area (Å²) in [7, 11) is 2.13. The molecule has 0 saturated carbocycles. The van der Waals surface area contributed by atoms with Gasteiger partial charge in [0.15, 0.2) is 0 Å². The molecule has 6 heteroatoms. The zero-order chi connectivity index (χ0) is 15.1. The largest absolute Gasteiger partial charge is 0.339 e. The lowest BCUT2D eigenvalue weighted by molar-refractivity contribution is 0.318. The number of aromatic nitrogens is 2. The van der Waals surface area contributed by atoms with Crippen molar-refractivity contribution in [3.63, 3.8) is 0 Å². The standard InChI is InChI=1S/C16H15FN4S/c1-21-6-5-12-13(8-21)22-16-14(12)15(18-9-19-16)20-11-4-2-3-10(17)7-11/h2-4,7,9H,5-6,8H2,1H3,(H,18,19,20). The zero-order valence-electron chi connectivity index (χ0n) is 12.1. The number of halogens is 1. The van der Waals surface area contributed by atoms with Gasteiger partial charge in [0.2, 0.25) is 0 Å². The Morgan fingerprint density at radius 1 is 1.32 bits per heavy atom. The highest BCUT2D eigenvalue weighted by atomic mass is 32.1. The second-order valence-electron chi connectivity index (χ2n) is 5.53. The molecule has 3 heterocycles. The number of anilines is 2. The molecule has 4 nitrogen and oxygen atoms in total. The fourth-order valence-electron chi connectivity index (χ4n) is 2.85. The van der Waals surface area contributed by atoms with E-state index < -0.39 is 0 Å². The molecule has 0 radical (unpaired) electrons. The van der Waals surface area contributed by atoms with Gasteiger partial charge in [0.1, 0.15) is 22.8 Å². The molecular weight excluding hydrogens is 299 g/mol. The maximum Gasteiger partial charge on any atom is 0.142 e. The number of nitrogens with one attached hydrogen (secondary N) is 1. The van der Waals surface area contributed by atoms with E-state index in [0.29, 0.717) is 5.69 Å². The molecule has 1 aliphatic rings. The molecule has 3 aromatic rings. The monoisotopic (exact) mass is 314 g/mol. The number of rotatable bonds is 2. The van der Waals surface area contributed by atoms with Crippen LogP contribution in [0.4, 0.5) is 15.9 Å². The number of nitrogens with zero attached hydrogens (tertiary/aromatic N) is 3. The van der Waals surface area contributed by atoms with Crippen molar-refractivity contribution < 1.29 is 4.39 Å². The second kappa shape index (κ2) is 5.30. The van der Waals surface area contributed by atoms with Crippen molar-refractivity contribution in [1.82, 2.24) is 14.9 Å². The van der Waals surface area contributed by atoms with Crippen LogP contribution in [-0.2, 0) is 13.0 Å². The van der Waals surface area contributed by atoms with Crippen LogP contribution in [0.5, 0.6) is 0 Å². The van der Waals surface area contributed by atoms with E-state index in [1.165, 1.54) is 22.6 Å². The van der Waals surface area contributed by atoms with Crippen LogP contribution in [0.3, 0.4) is 0 Å². The van der Waals surface area contributed by atoms with Crippen molar-refractivity contribution in [1.29, 1.82) is 0 Å². The van der Waals surface area contributed by atoms with E-state index in [1.54, 1.807) is 23.7 Å². The minimum absolute atomic E-state index is 0.260. The first-order valence-electron chi connectivity index (χ1n) is 7.17. The molecule has 22 heavy (non-hydrogen) atoms. The highest BCUT2D eigenvalue weighted by molar-refractivity contribution is 7.19. The summed E-state index contributed by atoms with van der Waals surface area (Å²) in [6.07, 6.45) is 2.56. The first kappa shape index (κ1) is 13.6. The van der Waals surface area contributed by atoms with Crippen molar-refractivity contribution in [2.45, 2.75) is 13.0 Å². The van der Waals surface area contributed by atoms with Gasteiger partial charge < -0.3 is 10.2 Å². The lowest BCUT2D eigenvalue weighted by Crippen LogP contribution is -2.25. The summed E-state index contributed by atoms with van der Waals surface area (Å²) in [4.78, 5) is 13.4. The van der Waals surface area contributed by atoms with Crippen molar-refractivity contribution >= 4 is 33.1 Å². The van der Waals surface area contributed by atoms with Crippen molar-refractivity contribution in [3.8, 4) is 0 Å². The average Bonchev–Trinajstić information content (AvgIpc) is 2.85. The number of thiophene rings is 1. The smallest absolute Gasteiger partial charge is 0.142 e. The van der Waals surface area contributed by atoms with E-state index in [4.69, 9.17) is 0 Å². The summed E-state index contributed by atoms with van der Waals surface area (Å²) in [6, 6.07) is 6.43. The molecule has 1 aliphatic heterocycles. The number of likely N-dealkylation sites (N-methyl/N-ethyl adjacent to an activating group) is 1. The van der Waals surface area contributed by atoms with Crippen molar-refractivity contribution in [2.75, 3.05) is 18.9 Å². The molecule has 4 rings (SSSR count). The molecule has 0 aliphatic carbocycles. The Morgan fingerprint density at radius 3 is 3.09 bits per heavy atom. The van der Waals surface area contributed by atoms with Gasteiger partial charge in [0.25, 0.3) is 0 Å². The topological polar surface area (TPSA) is 41.1 Å². The van der Waals surface area contributed by atoms with Crippen LogP contribution < -0.4 is 5.32 Å². The fourth-order valence-corrected chi connectivity index (χ4v) is 4.12. The summed E-state index contributed by atoms with van der Waals surface area (Å²) in [5.74, 6) is 0.502. The maximum atomic E-state index is 13.4. The van der Waals surface area contributed by atoms with Crippen LogP contribution in [0, 0.1) is 5.82 Å². The molecule has 112 valence electrons. The number of hydrogen-bond acceptors (Lipinski definition) is 5. The van der Waals surface area contributed by atoms with E-state index in [-0.39, 0.29) is 5.82 Å². The Kier molecular flexibility index (Phi) is 3.28. The van der Waals surface area contributed by atoms with E-state index in [9.17, 15) is 4.39 Å². The molecule has 0 spiro atoms. The van der Waals surface area contributed by atoms with Crippen LogP contribution >= 0.6 is 11.3 Å². The summed E-state index contributed by atoms with van der Waals surface area (Å²) < 4.78 is 13.4. The lowest BCUT2D eigenvalue weighted by atomic mass is 10.1. The summed E-state index contributed by atoms with van der Waals surface area (Å²) in [6.45, 7) is 1.99. The van der Waals surface area contributed by atoms with E-state index in [2.05, 4.69) is 27.2 Å². The predicted molar refractivity (Wildman–Crippen MR) is 87.1 cm³/mol. The number of benzene rings is 1. The quantitative estimate of drug-likeness (QED) is 0.785. The van der Waals surface area contributed by atoms with Crippen LogP contribution in [0.15, 0.2) is 30.6 Å². The summed E-state index contributed by atoms with van der Waals surface area (Å²) in [5, 5.41) is 4.32. The number of hydrogen-bond donors (Lipinski definition) is 1. The SMILES string of the molecule is CN1CCc2c(sc3ncnc(Nc4cccc(F)c4)c23)C1. The van der Waals surface area contributed by atoms with Crippen molar-refractivity contribution in [3.05, 3.63) is 46.9 Å². The summed E-state index contributed by atoms with van der Waals surface area (Å²) >= 11 is 1.72. The fraction of sp³-hybridized carbons (Fsp3) is 0.250. The third-order valence-corrected chi connectivity index (χ3v) is 5.04. The molecule has 0 bridgehead atoms. The third-order valence-electron chi connectivity index (χ3n) is 3.92. The zero-order valence-corrected chi connectivity index (χ0v) is 13.0. The Labute approximate surface area is 131 Å². The normalized spacial score (nSPS) is 15.0. The first-order chi connectivity index (χ1) is 10.7. The second-order valence-corrected chi connectivity index (χ2v) is 6.61. The molecule has 0 fully saturated rings. The van der Waals surface area contributed by atoms with Gasteiger partial charge in [-0.1, -0.05) is 6.07 Å². The average molecular weight is 314 g/mol. The lowest BCUT2D eigenvalue weighted by Gasteiger charge is -2.22. The molecule has 0 atom stereocenters. The van der Waals surface area contributed by atoms with Crippen LogP contribution in [0.1, 0.15) is 10.4 Å². The van der Waals surface area contributed by atoms with E-state index in [1.807, 2.05) is 6.07 Å². The Balaban J connectivity index is 1.81. The summed E-state index contributed by atoms with van der Waals surface area (Å²) in [5.41, 5.74) is 2.03. The van der Waals surface area contributed by atoms with E-state index >= 15 is 0 Å². The molecular formula is C16H15FN4S. The highest BCUT2D eigenvalue weighted by Gasteiger charge is 2.22. The minimum Gasteiger partial charge on any atom is -0.339 e.